The van der Waals surface area contributed by atoms with Crippen molar-refractivity contribution < 1.29 is 9.53 Å². The molecule has 5 heteroatoms. The quantitative estimate of drug-likeness (QED) is 0.229. The number of nitrogens with two attached hydrogens (primary N) is 1. The van der Waals surface area contributed by atoms with Crippen molar-refractivity contribution in [3.8, 4) is 0 Å². The Labute approximate surface area is 70.8 Å². The van der Waals surface area contributed by atoms with Crippen LogP contribution in [0.25, 0.3) is 0 Å². The maximum absolute atomic E-state index is 10.9. The highest BCUT2D eigenvalue weighted by Gasteiger charge is 2.29. The molecule has 11 heavy (non-hydrogen) atoms. The fraction of sp³-hybridized carbons (Fsp3) is 0.833. The van der Waals surface area contributed by atoms with Gasteiger partial charge in [0.1, 0.15) is 6.10 Å². The molecule has 64 valence electrons. The van der Waals surface area contributed by atoms with Crippen LogP contribution in [0.1, 0.15) is 12.8 Å². The summed E-state index contributed by atoms with van der Waals surface area (Å²) in [6.45, 7) is 0. The van der Waals surface area contributed by atoms with E-state index in [1.54, 1.807) is 0 Å². The van der Waals surface area contributed by atoms with Crippen LogP contribution in [0, 0.1) is 0 Å². The highest BCUT2D eigenvalue weighted by Crippen LogP contribution is 2.20. The second-order valence-electron chi connectivity index (χ2n) is 2.52. The van der Waals surface area contributed by atoms with E-state index in [0.29, 0.717) is 5.75 Å². The molecule has 1 aliphatic heterocycles. The zero-order valence-electron chi connectivity index (χ0n) is 6.12. The van der Waals surface area contributed by atoms with Crippen LogP contribution in [0.4, 0.5) is 0 Å². The molecule has 0 spiro atoms. The van der Waals surface area contributed by atoms with Gasteiger partial charge in [0.2, 0.25) is 0 Å². The summed E-state index contributed by atoms with van der Waals surface area (Å²) < 4.78 is 5.29. The van der Waals surface area contributed by atoms with Gasteiger partial charge in [-0.05, 0) is 12.8 Å². The first-order chi connectivity index (χ1) is 5.27. The standard InChI is InChI=1S/C6H12N2O2S/c7-8-6(9)5-2-1-4(3-11)10-5/h4-5,11H,1-3,7H2,(H,8,9). The lowest BCUT2D eigenvalue weighted by Crippen LogP contribution is -2.39. The smallest absolute Gasteiger partial charge is 0.263 e. The Bertz CT molecular complexity index is 154. The number of rotatable bonds is 2. The summed E-state index contributed by atoms with van der Waals surface area (Å²) in [6, 6.07) is 0. The number of hydrazine groups is 1. The number of amides is 1. The second kappa shape index (κ2) is 3.94. The van der Waals surface area contributed by atoms with Gasteiger partial charge in [-0.1, -0.05) is 0 Å². The minimum Gasteiger partial charge on any atom is -0.364 e. The minimum absolute atomic E-state index is 0.112. The summed E-state index contributed by atoms with van der Waals surface area (Å²) in [5, 5.41) is 0. The monoisotopic (exact) mass is 176 g/mol. The van der Waals surface area contributed by atoms with Crippen LogP contribution in [-0.2, 0) is 9.53 Å². The number of carbonyl (C=O) groups is 1. The third-order valence-electron chi connectivity index (χ3n) is 1.75. The Hall–Kier alpha value is -0.260. The number of hydrogen-bond donors (Lipinski definition) is 3. The molecule has 0 radical (unpaired) electrons. The number of hydrogen-bond acceptors (Lipinski definition) is 4. The van der Waals surface area contributed by atoms with Gasteiger partial charge in [-0.15, -0.1) is 0 Å². The molecule has 2 atom stereocenters. The fourth-order valence-corrected chi connectivity index (χ4v) is 1.39. The largest absolute Gasteiger partial charge is 0.364 e. The first kappa shape index (κ1) is 8.83. The van der Waals surface area contributed by atoms with E-state index in [9.17, 15) is 4.79 Å². The average molecular weight is 176 g/mol. The van der Waals surface area contributed by atoms with Gasteiger partial charge < -0.3 is 4.74 Å². The number of nitrogens with one attached hydrogen (secondary N) is 1. The zero-order chi connectivity index (χ0) is 8.27. The van der Waals surface area contributed by atoms with Crippen LogP contribution in [-0.4, -0.2) is 23.9 Å². The molecular formula is C6H12N2O2S. The van der Waals surface area contributed by atoms with Gasteiger partial charge in [0, 0.05) is 5.75 Å². The predicted octanol–water partition coefficient (Wildman–Crippen LogP) is -0.546. The van der Waals surface area contributed by atoms with Gasteiger partial charge in [-0.25, -0.2) is 5.84 Å². The van der Waals surface area contributed by atoms with E-state index in [1.807, 2.05) is 0 Å². The fourth-order valence-electron chi connectivity index (χ4n) is 1.13. The van der Waals surface area contributed by atoms with Crippen LogP contribution in [0.2, 0.25) is 0 Å². The first-order valence-electron chi connectivity index (χ1n) is 3.54. The Balaban J connectivity index is 2.35. The number of thiol groups is 1. The molecule has 1 amide bonds. The van der Waals surface area contributed by atoms with E-state index in [0.717, 1.165) is 12.8 Å². The van der Waals surface area contributed by atoms with E-state index >= 15 is 0 Å². The average Bonchev–Trinajstić information content (AvgIpc) is 2.50. The van der Waals surface area contributed by atoms with Crippen molar-refractivity contribution in [2.45, 2.75) is 25.0 Å². The molecular weight excluding hydrogens is 164 g/mol. The normalized spacial score (nSPS) is 30.4. The molecule has 1 aliphatic rings. The van der Waals surface area contributed by atoms with Gasteiger partial charge >= 0.3 is 0 Å². The molecule has 4 nitrogen and oxygen atoms in total. The molecule has 0 bridgehead atoms. The van der Waals surface area contributed by atoms with E-state index in [4.69, 9.17) is 10.6 Å². The molecule has 0 aromatic rings. The summed E-state index contributed by atoms with van der Waals surface area (Å²) in [5.74, 6) is 5.36. The summed E-state index contributed by atoms with van der Waals surface area (Å²) in [6.07, 6.45) is 1.38. The predicted molar refractivity (Wildman–Crippen MR) is 44.1 cm³/mol. The van der Waals surface area contributed by atoms with Crippen molar-refractivity contribution in [3.63, 3.8) is 0 Å². The van der Waals surface area contributed by atoms with Crippen LogP contribution >= 0.6 is 12.6 Å². The van der Waals surface area contributed by atoms with Gasteiger partial charge in [-0.3, -0.25) is 10.2 Å². The maximum Gasteiger partial charge on any atom is 0.263 e. The molecule has 0 aromatic heterocycles. The zero-order valence-corrected chi connectivity index (χ0v) is 7.01. The molecule has 0 aromatic carbocycles. The summed E-state index contributed by atoms with van der Waals surface area (Å²) >= 11 is 4.07. The molecule has 1 rings (SSSR count). The van der Waals surface area contributed by atoms with Gasteiger partial charge in [0.05, 0.1) is 6.10 Å². The number of ether oxygens (including phenoxy) is 1. The third-order valence-corrected chi connectivity index (χ3v) is 2.15. The molecule has 1 saturated heterocycles. The van der Waals surface area contributed by atoms with E-state index in [-0.39, 0.29) is 18.1 Å². The van der Waals surface area contributed by atoms with Crippen molar-refractivity contribution >= 4 is 18.5 Å². The summed E-state index contributed by atoms with van der Waals surface area (Å²) in [5.41, 5.74) is 2.06. The summed E-state index contributed by atoms with van der Waals surface area (Å²) in [7, 11) is 0. The van der Waals surface area contributed by atoms with Crippen molar-refractivity contribution in [3.05, 3.63) is 0 Å². The second-order valence-corrected chi connectivity index (χ2v) is 2.88. The van der Waals surface area contributed by atoms with Crippen LogP contribution in [0.15, 0.2) is 0 Å². The molecule has 1 heterocycles. The Morgan fingerprint density at radius 1 is 1.73 bits per heavy atom. The van der Waals surface area contributed by atoms with E-state index in [1.165, 1.54) is 0 Å². The van der Waals surface area contributed by atoms with Gasteiger partial charge in [0.15, 0.2) is 0 Å². The summed E-state index contributed by atoms with van der Waals surface area (Å²) in [4.78, 5) is 10.9. The van der Waals surface area contributed by atoms with Crippen molar-refractivity contribution in [1.82, 2.24) is 5.43 Å². The van der Waals surface area contributed by atoms with Crippen molar-refractivity contribution in [1.29, 1.82) is 0 Å². The highest BCUT2D eigenvalue weighted by atomic mass is 32.1. The molecule has 2 unspecified atom stereocenters. The van der Waals surface area contributed by atoms with Gasteiger partial charge in [-0.2, -0.15) is 12.6 Å². The van der Waals surface area contributed by atoms with E-state index < -0.39 is 0 Å². The van der Waals surface area contributed by atoms with Crippen LogP contribution < -0.4 is 11.3 Å². The first-order valence-corrected chi connectivity index (χ1v) is 4.18. The SMILES string of the molecule is NNC(=O)C1CCC(CS)O1. The van der Waals surface area contributed by atoms with E-state index in [2.05, 4.69) is 18.1 Å². The number of carbonyl (C=O) groups excluding carboxylic acids is 1. The van der Waals surface area contributed by atoms with Crippen LogP contribution in [0.5, 0.6) is 0 Å². The Morgan fingerprint density at radius 3 is 2.91 bits per heavy atom. The molecule has 3 N–H and O–H groups in total. The lowest BCUT2D eigenvalue weighted by Gasteiger charge is -2.09. The Kier molecular flexibility index (Phi) is 3.16. The topological polar surface area (TPSA) is 64.3 Å². The van der Waals surface area contributed by atoms with Crippen molar-refractivity contribution in [2.24, 2.45) is 5.84 Å². The third kappa shape index (κ3) is 2.08. The lowest BCUT2D eigenvalue weighted by molar-refractivity contribution is -0.131. The maximum atomic E-state index is 10.9. The molecule has 0 saturated carbocycles. The van der Waals surface area contributed by atoms with Gasteiger partial charge in [0.25, 0.3) is 5.91 Å². The Morgan fingerprint density at radius 2 is 2.45 bits per heavy atom. The minimum atomic E-state index is -0.364. The molecule has 0 aliphatic carbocycles. The van der Waals surface area contributed by atoms with Crippen molar-refractivity contribution in [2.75, 3.05) is 5.75 Å². The lowest BCUT2D eigenvalue weighted by atomic mass is 10.2. The highest BCUT2D eigenvalue weighted by molar-refractivity contribution is 7.80. The van der Waals surface area contributed by atoms with Crippen LogP contribution in [0.3, 0.4) is 0 Å². The molecule has 1 fully saturated rings.